The number of rotatable bonds is 4. The van der Waals surface area contributed by atoms with E-state index >= 15 is 0 Å². The van der Waals surface area contributed by atoms with Gasteiger partial charge in [0.25, 0.3) is 0 Å². The Bertz CT molecular complexity index is 538. The number of benzene rings is 1. The monoisotopic (exact) mass is 325 g/mol. The van der Waals surface area contributed by atoms with Gasteiger partial charge in [-0.3, -0.25) is 0 Å². The minimum atomic E-state index is -0.00456. The number of ether oxygens (including phenoxy) is 1. The molecule has 1 aromatic heterocycles. The molecule has 0 aliphatic heterocycles. The van der Waals surface area contributed by atoms with Gasteiger partial charge >= 0.3 is 0 Å². The van der Waals surface area contributed by atoms with Crippen LogP contribution in [0, 0.1) is 6.92 Å². The predicted octanol–water partition coefficient (Wildman–Crippen LogP) is 4.07. The third-order valence-electron chi connectivity index (χ3n) is 2.86. The van der Waals surface area contributed by atoms with Gasteiger partial charge in [0.1, 0.15) is 5.75 Å². The molecule has 1 aromatic carbocycles. The van der Waals surface area contributed by atoms with Crippen LogP contribution in [0.5, 0.6) is 5.75 Å². The van der Waals surface area contributed by atoms with Crippen molar-refractivity contribution in [1.82, 2.24) is 0 Å². The van der Waals surface area contributed by atoms with Crippen LogP contribution in [0.15, 0.2) is 34.1 Å². The molecule has 0 amide bonds. The van der Waals surface area contributed by atoms with Crippen molar-refractivity contribution in [2.24, 2.45) is 5.73 Å². The molecule has 0 radical (unpaired) electrons. The van der Waals surface area contributed by atoms with Gasteiger partial charge in [-0.15, -0.1) is 11.3 Å². The molecule has 1 atom stereocenters. The van der Waals surface area contributed by atoms with Crippen molar-refractivity contribution in [3.63, 3.8) is 0 Å². The SMILES string of the molecule is COc1ccc(C)cc1CC(N)c1sccc1Br. The van der Waals surface area contributed by atoms with Gasteiger partial charge in [0.05, 0.1) is 7.11 Å². The van der Waals surface area contributed by atoms with E-state index in [0.29, 0.717) is 0 Å². The normalized spacial score (nSPS) is 12.4. The highest BCUT2D eigenvalue weighted by Crippen LogP contribution is 2.31. The first kappa shape index (κ1) is 13.6. The summed E-state index contributed by atoms with van der Waals surface area (Å²) < 4.78 is 6.47. The molecule has 1 heterocycles. The van der Waals surface area contributed by atoms with Crippen LogP contribution in [0.1, 0.15) is 22.0 Å². The van der Waals surface area contributed by atoms with Crippen molar-refractivity contribution in [3.8, 4) is 5.75 Å². The van der Waals surface area contributed by atoms with E-state index in [1.54, 1.807) is 18.4 Å². The standard InChI is InChI=1S/C14H16BrNOS/c1-9-3-4-13(17-2)10(7-9)8-12(16)14-11(15)5-6-18-14/h3-7,12H,8,16H2,1-2H3. The largest absolute Gasteiger partial charge is 0.496 e. The van der Waals surface area contributed by atoms with E-state index in [4.69, 9.17) is 10.5 Å². The van der Waals surface area contributed by atoms with Crippen molar-refractivity contribution < 1.29 is 4.74 Å². The molecule has 2 nitrogen and oxygen atoms in total. The summed E-state index contributed by atoms with van der Waals surface area (Å²) in [5.41, 5.74) is 8.65. The zero-order valence-corrected chi connectivity index (χ0v) is 12.8. The summed E-state index contributed by atoms with van der Waals surface area (Å²) in [6.07, 6.45) is 0.782. The number of hydrogen-bond acceptors (Lipinski definition) is 3. The molecule has 2 N–H and O–H groups in total. The molecule has 2 aromatic rings. The zero-order chi connectivity index (χ0) is 13.1. The van der Waals surface area contributed by atoms with Gasteiger partial charge in [-0.1, -0.05) is 17.7 Å². The first-order valence-corrected chi connectivity index (χ1v) is 7.41. The summed E-state index contributed by atoms with van der Waals surface area (Å²) in [6.45, 7) is 2.08. The summed E-state index contributed by atoms with van der Waals surface area (Å²) >= 11 is 5.21. The number of methoxy groups -OCH3 is 1. The van der Waals surface area contributed by atoms with Crippen molar-refractivity contribution in [1.29, 1.82) is 0 Å². The van der Waals surface area contributed by atoms with Gasteiger partial charge in [0.2, 0.25) is 0 Å². The maximum absolute atomic E-state index is 6.27. The fourth-order valence-electron chi connectivity index (χ4n) is 1.97. The first-order valence-electron chi connectivity index (χ1n) is 5.74. The predicted molar refractivity (Wildman–Crippen MR) is 80.4 cm³/mol. The van der Waals surface area contributed by atoms with Crippen LogP contribution in [0.2, 0.25) is 0 Å². The first-order chi connectivity index (χ1) is 8.61. The minimum absolute atomic E-state index is 0.00456. The maximum Gasteiger partial charge on any atom is 0.122 e. The number of hydrogen-bond donors (Lipinski definition) is 1. The van der Waals surface area contributed by atoms with Crippen LogP contribution in [0.3, 0.4) is 0 Å². The second-order valence-electron chi connectivity index (χ2n) is 4.26. The fourth-order valence-corrected chi connectivity index (χ4v) is 3.64. The lowest BCUT2D eigenvalue weighted by Crippen LogP contribution is -2.13. The number of halogens is 1. The van der Waals surface area contributed by atoms with E-state index in [-0.39, 0.29) is 6.04 Å². The van der Waals surface area contributed by atoms with Gasteiger partial charge in [-0.2, -0.15) is 0 Å². The van der Waals surface area contributed by atoms with Gasteiger partial charge < -0.3 is 10.5 Å². The highest BCUT2D eigenvalue weighted by atomic mass is 79.9. The topological polar surface area (TPSA) is 35.2 Å². The lowest BCUT2D eigenvalue weighted by Gasteiger charge is -2.14. The molecule has 0 saturated carbocycles. The van der Waals surface area contributed by atoms with Crippen molar-refractivity contribution >= 4 is 27.3 Å². The van der Waals surface area contributed by atoms with Gasteiger partial charge in [0, 0.05) is 15.4 Å². The van der Waals surface area contributed by atoms with E-state index in [2.05, 4.69) is 35.0 Å². The van der Waals surface area contributed by atoms with Crippen molar-refractivity contribution in [2.45, 2.75) is 19.4 Å². The molecule has 4 heteroatoms. The van der Waals surface area contributed by atoms with E-state index < -0.39 is 0 Å². The summed E-state index contributed by atoms with van der Waals surface area (Å²) in [5, 5.41) is 2.05. The summed E-state index contributed by atoms with van der Waals surface area (Å²) in [5.74, 6) is 0.906. The molecule has 2 rings (SSSR count). The van der Waals surface area contributed by atoms with E-state index in [0.717, 1.165) is 22.2 Å². The maximum atomic E-state index is 6.27. The van der Waals surface area contributed by atoms with Crippen LogP contribution < -0.4 is 10.5 Å². The zero-order valence-electron chi connectivity index (χ0n) is 10.4. The second kappa shape index (κ2) is 5.87. The highest BCUT2D eigenvalue weighted by Gasteiger charge is 2.14. The Labute approximate surface area is 120 Å². The Hall–Kier alpha value is -0.840. The third kappa shape index (κ3) is 2.94. The summed E-state index contributed by atoms with van der Waals surface area (Å²) in [7, 11) is 1.70. The second-order valence-corrected chi connectivity index (χ2v) is 6.06. The number of aryl methyl sites for hydroxylation is 1. The van der Waals surface area contributed by atoms with Gasteiger partial charge in [0.15, 0.2) is 0 Å². The van der Waals surface area contributed by atoms with E-state index in [1.807, 2.05) is 17.5 Å². The summed E-state index contributed by atoms with van der Waals surface area (Å²) in [6, 6.07) is 8.22. The lowest BCUT2D eigenvalue weighted by molar-refractivity contribution is 0.408. The van der Waals surface area contributed by atoms with Crippen LogP contribution >= 0.6 is 27.3 Å². The van der Waals surface area contributed by atoms with Gasteiger partial charge in [-0.05, 0) is 52.4 Å². The third-order valence-corrected chi connectivity index (χ3v) is 4.86. The Morgan fingerprint density at radius 1 is 1.39 bits per heavy atom. The van der Waals surface area contributed by atoms with Crippen LogP contribution in [-0.2, 0) is 6.42 Å². The van der Waals surface area contributed by atoms with Crippen LogP contribution in [0.25, 0.3) is 0 Å². The molecule has 1 unspecified atom stereocenters. The molecule has 0 fully saturated rings. The Balaban J connectivity index is 2.23. The fraction of sp³-hybridized carbons (Fsp3) is 0.286. The van der Waals surface area contributed by atoms with Crippen LogP contribution in [-0.4, -0.2) is 7.11 Å². The average Bonchev–Trinajstić information content (AvgIpc) is 2.76. The molecule has 96 valence electrons. The Kier molecular flexibility index (Phi) is 4.43. The molecule has 0 spiro atoms. The molecular formula is C14H16BrNOS. The highest BCUT2D eigenvalue weighted by molar-refractivity contribution is 9.10. The molecule has 18 heavy (non-hydrogen) atoms. The van der Waals surface area contributed by atoms with Crippen LogP contribution in [0.4, 0.5) is 0 Å². The number of nitrogens with two attached hydrogens (primary N) is 1. The molecule has 0 aliphatic rings. The van der Waals surface area contributed by atoms with E-state index in [1.165, 1.54) is 10.4 Å². The average molecular weight is 326 g/mol. The van der Waals surface area contributed by atoms with Crippen molar-refractivity contribution in [3.05, 3.63) is 50.1 Å². The van der Waals surface area contributed by atoms with Gasteiger partial charge in [-0.25, -0.2) is 0 Å². The minimum Gasteiger partial charge on any atom is -0.496 e. The Morgan fingerprint density at radius 3 is 2.78 bits per heavy atom. The quantitative estimate of drug-likeness (QED) is 0.919. The molecule has 0 saturated heterocycles. The smallest absolute Gasteiger partial charge is 0.122 e. The van der Waals surface area contributed by atoms with Crippen molar-refractivity contribution in [2.75, 3.05) is 7.11 Å². The molecule has 0 bridgehead atoms. The lowest BCUT2D eigenvalue weighted by atomic mass is 10.0. The summed E-state index contributed by atoms with van der Waals surface area (Å²) in [4.78, 5) is 1.18. The van der Waals surface area contributed by atoms with E-state index in [9.17, 15) is 0 Å². The number of thiophene rings is 1. The Morgan fingerprint density at radius 2 is 2.17 bits per heavy atom. The molecular weight excluding hydrogens is 310 g/mol. The molecule has 0 aliphatic carbocycles.